The summed E-state index contributed by atoms with van der Waals surface area (Å²) in [6.45, 7) is 11.3. The molecular formula is C28H30N4O3S. The first-order valence-electron chi connectivity index (χ1n) is 11.7. The molecule has 7 nitrogen and oxygen atoms in total. The van der Waals surface area contributed by atoms with Gasteiger partial charge in [0.05, 0.1) is 28.9 Å². The van der Waals surface area contributed by atoms with Crippen molar-refractivity contribution in [2.75, 3.05) is 5.75 Å². The number of nitrogens with two attached hydrogens (primary N) is 1. The van der Waals surface area contributed by atoms with Gasteiger partial charge < -0.3 is 15.2 Å². The fourth-order valence-electron chi connectivity index (χ4n) is 3.99. The Morgan fingerprint density at radius 3 is 2.39 bits per heavy atom. The largest absolute Gasteiger partial charge is 0.459 e. The number of aromatic nitrogens is 1. The normalized spacial score (nSPS) is 15.4. The predicted molar refractivity (Wildman–Crippen MR) is 139 cm³/mol. The quantitative estimate of drug-likeness (QED) is 0.402. The van der Waals surface area contributed by atoms with Gasteiger partial charge in [-0.15, -0.1) is 0 Å². The van der Waals surface area contributed by atoms with Gasteiger partial charge in [0.25, 0.3) is 0 Å². The second kappa shape index (κ2) is 11.3. The molecule has 36 heavy (non-hydrogen) atoms. The van der Waals surface area contributed by atoms with Crippen molar-refractivity contribution in [1.29, 1.82) is 10.5 Å². The summed E-state index contributed by atoms with van der Waals surface area (Å²) in [5.74, 6) is -0.900. The minimum atomic E-state index is -0.735. The number of esters is 1. The first kappa shape index (κ1) is 26.8. The Kier molecular flexibility index (Phi) is 8.45. The zero-order valence-corrected chi connectivity index (χ0v) is 22.2. The predicted octanol–water partition coefficient (Wildman–Crippen LogP) is 5.25. The standard InChI is InChI=1S/C28H30N4O3S/c1-7-19-8-10-20(11-9-19)24-22(13-30)26(31)35-23(25(24)28(33)34-15(2)3)14-36-27-21(12-29)17(5)16(4)18(6)32-27/h8-11,15,24H,7,14,31H2,1-6H3. The van der Waals surface area contributed by atoms with Crippen LogP contribution in [0.4, 0.5) is 0 Å². The molecule has 3 rings (SSSR count). The summed E-state index contributed by atoms with van der Waals surface area (Å²) in [5, 5.41) is 20.2. The van der Waals surface area contributed by atoms with Crippen LogP contribution >= 0.6 is 11.8 Å². The molecule has 1 atom stereocenters. The number of benzene rings is 1. The maximum Gasteiger partial charge on any atom is 0.338 e. The van der Waals surface area contributed by atoms with E-state index >= 15 is 0 Å². The Bertz CT molecular complexity index is 1330. The van der Waals surface area contributed by atoms with Gasteiger partial charge >= 0.3 is 5.97 Å². The molecule has 0 aliphatic carbocycles. The number of ether oxygens (including phenoxy) is 2. The monoisotopic (exact) mass is 502 g/mol. The molecule has 0 bridgehead atoms. The summed E-state index contributed by atoms with van der Waals surface area (Å²) < 4.78 is 11.4. The van der Waals surface area contributed by atoms with Crippen molar-refractivity contribution in [3.63, 3.8) is 0 Å². The van der Waals surface area contributed by atoms with Crippen molar-refractivity contribution < 1.29 is 14.3 Å². The van der Waals surface area contributed by atoms with E-state index < -0.39 is 11.9 Å². The molecule has 8 heteroatoms. The molecule has 1 aromatic carbocycles. The summed E-state index contributed by atoms with van der Waals surface area (Å²) in [6, 6.07) is 12.1. The van der Waals surface area contributed by atoms with Crippen molar-refractivity contribution >= 4 is 17.7 Å². The van der Waals surface area contributed by atoms with Gasteiger partial charge in [0.2, 0.25) is 5.88 Å². The number of hydrogen-bond acceptors (Lipinski definition) is 8. The fourth-order valence-corrected chi connectivity index (χ4v) is 5.01. The number of aryl methyl sites for hydroxylation is 2. The Labute approximate surface area is 216 Å². The maximum atomic E-state index is 13.4. The lowest BCUT2D eigenvalue weighted by atomic mass is 9.82. The number of nitriles is 2. The highest BCUT2D eigenvalue weighted by atomic mass is 32.2. The number of carbonyl (C=O) groups excluding carboxylic acids is 1. The van der Waals surface area contributed by atoms with Gasteiger partial charge in [-0.25, -0.2) is 9.78 Å². The molecule has 2 N–H and O–H groups in total. The fraction of sp³-hybridized carbons (Fsp3) is 0.357. The van der Waals surface area contributed by atoms with E-state index in [4.69, 9.17) is 15.2 Å². The molecule has 0 amide bonds. The maximum absolute atomic E-state index is 13.4. The van der Waals surface area contributed by atoms with Crippen LogP contribution in [0.15, 0.2) is 52.1 Å². The van der Waals surface area contributed by atoms with Crippen LogP contribution in [0.3, 0.4) is 0 Å². The van der Waals surface area contributed by atoms with Crippen molar-refractivity contribution in [3.05, 3.63) is 80.6 Å². The van der Waals surface area contributed by atoms with Crippen LogP contribution in [0.25, 0.3) is 0 Å². The molecule has 0 saturated heterocycles. The zero-order valence-electron chi connectivity index (χ0n) is 21.4. The molecule has 0 spiro atoms. The van der Waals surface area contributed by atoms with Gasteiger partial charge in [0, 0.05) is 5.69 Å². The Balaban J connectivity index is 2.13. The molecule has 1 unspecified atom stereocenters. The van der Waals surface area contributed by atoms with Crippen molar-refractivity contribution in [2.24, 2.45) is 5.73 Å². The summed E-state index contributed by atoms with van der Waals surface area (Å²) in [5.41, 5.74) is 11.6. The zero-order chi connectivity index (χ0) is 26.6. The van der Waals surface area contributed by atoms with Crippen molar-refractivity contribution in [3.8, 4) is 12.1 Å². The number of rotatable bonds is 7. The third kappa shape index (κ3) is 5.40. The second-order valence-electron chi connectivity index (χ2n) is 8.84. The lowest BCUT2D eigenvalue weighted by Gasteiger charge is -2.28. The van der Waals surface area contributed by atoms with Crippen LogP contribution in [-0.2, 0) is 20.7 Å². The average molecular weight is 503 g/mol. The number of carbonyl (C=O) groups is 1. The van der Waals surface area contributed by atoms with Crippen molar-refractivity contribution in [1.82, 2.24) is 4.98 Å². The van der Waals surface area contributed by atoms with Gasteiger partial charge in [0.15, 0.2) is 0 Å². The first-order chi connectivity index (χ1) is 17.1. The molecular weight excluding hydrogens is 472 g/mol. The molecule has 0 radical (unpaired) electrons. The smallest absolute Gasteiger partial charge is 0.338 e. The lowest BCUT2D eigenvalue weighted by Crippen LogP contribution is -2.28. The minimum Gasteiger partial charge on any atom is -0.459 e. The van der Waals surface area contributed by atoms with E-state index in [2.05, 4.69) is 24.0 Å². The van der Waals surface area contributed by atoms with E-state index in [1.165, 1.54) is 11.8 Å². The molecule has 1 aliphatic heterocycles. The molecule has 1 aliphatic rings. The summed E-state index contributed by atoms with van der Waals surface area (Å²) in [7, 11) is 0. The van der Waals surface area contributed by atoms with Gasteiger partial charge in [-0.3, -0.25) is 0 Å². The topological polar surface area (TPSA) is 122 Å². The molecule has 0 fully saturated rings. The van der Waals surface area contributed by atoms with Crippen molar-refractivity contribution in [2.45, 2.75) is 65.0 Å². The highest BCUT2D eigenvalue weighted by molar-refractivity contribution is 7.99. The average Bonchev–Trinajstić information content (AvgIpc) is 2.85. The molecule has 186 valence electrons. The van der Waals surface area contributed by atoms with Gasteiger partial charge in [-0.1, -0.05) is 43.0 Å². The van der Waals surface area contributed by atoms with Crippen LogP contribution in [0.5, 0.6) is 0 Å². The van der Waals surface area contributed by atoms with Crippen LogP contribution in [0.1, 0.15) is 60.2 Å². The molecule has 2 aromatic rings. The van der Waals surface area contributed by atoms with E-state index in [0.29, 0.717) is 10.6 Å². The van der Waals surface area contributed by atoms with Crippen LogP contribution in [0, 0.1) is 43.4 Å². The minimum absolute atomic E-state index is 0.0523. The number of pyridine rings is 1. The van der Waals surface area contributed by atoms with E-state index in [0.717, 1.165) is 34.4 Å². The number of hydrogen-bond donors (Lipinski definition) is 1. The van der Waals surface area contributed by atoms with Gasteiger partial charge in [-0.2, -0.15) is 10.5 Å². The second-order valence-corrected chi connectivity index (χ2v) is 9.80. The van der Waals surface area contributed by atoms with E-state index in [9.17, 15) is 15.3 Å². The lowest BCUT2D eigenvalue weighted by molar-refractivity contribution is -0.143. The number of nitrogens with zero attached hydrogens (tertiary/aromatic N) is 3. The Morgan fingerprint density at radius 1 is 1.17 bits per heavy atom. The highest BCUT2D eigenvalue weighted by Crippen LogP contribution is 2.41. The van der Waals surface area contributed by atoms with E-state index in [1.54, 1.807) is 13.8 Å². The van der Waals surface area contributed by atoms with Crippen LogP contribution < -0.4 is 5.73 Å². The Hall–Kier alpha value is -3.75. The summed E-state index contributed by atoms with van der Waals surface area (Å²) >= 11 is 1.28. The SMILES string of the molecule is CCc1ccc(C2C(C#N)=C(N)OC(CSc3nc(C)c(C)c(C)c3C#N)=C2C(=O)OC(C)C)cc1. The van der Waals surface area contributed by atoms with Gasteiger partial charge in [-0.05, 0) is 63.3 Å². The number of thioether (sulfide) groups is 1. The van der Waals surface area contributed by atoms with E-state index in [1.807, 2.05) is 45.0 Å². The molecule has 2 heterocycles. The third-order valence-corrected chi connectivity index (χ3v) is 7.17. The summed E-state index contributed by atoms with van der Waals surface area (Å²) in [4.78, 5) is 18.0. The third-order valence-electron chi connectivity index (χ3n) is 6.20. The van der Waals surface area contributed by atoms with Gasteiger partial charge in [0.1, 0.15) is 28.5 Å². The molecule has 1 aromatic heterocycles. The van der Waals surface area contributed by atoms with Crippen LogP contribution in [0.2, 0.25) is 0 Å². The first-order valence-corrected chi connectivity index (χ1v) is 12.7. The molecule has 0 saturated carbocycles. The Morgan fingerprint density at radius 2 is 1.83 bits per heavy atom. The highest BCUT2D eigenvalue weighted by Gasteiger charge is 2.38. The number of allylic oxidation sites excluding steroid dienone is 1. The summed E-state index contributed by atoms with van der Waals surface area (Å²) in [6.07, 6.45) is 0.492. The van der Waals surface area contributed by atoms with E-state index in [-0.39, 0.29) is 34.6 Å². The van der Waals surface area contributed by atoms with Crippen LogP contribution in [-0.4, -0.2) is 22.8 Å².